The number of aromatic carboxylic acids is 1. The maximum absolute atomic E-state index is 12.6. The van der Waals surface area contributed by atoms with Crippen molar-refractivity contribution in [3.05, 3.63) is 58.7 Å². The number of ether oxygens (including phenoxy) is 1. The molecular formula is C22H25BN2O6. The Bertz CT molecular complexity index is 990. The van der Waals surface area contributed by atoms with Crippen molar-refractivity contribution in [2.75, 3.05) is 13.1 Å². The molecule has 1 atom stereocenters. The Labute approximate surface area is 180 Å². The topological polar surface area (TPSA) is 122 Å². The van der Waals surface area contributed by atoms with Gasteiger partial charge in [-0.3, -0.25) is 4.79 Å². The second-order valence-electron chi connectivity index (χ2n) is 8.12. The zero-order valence-electron chi connectivity index (χ0n) is 17.3. The molecule has 4 rings (SSSR count). The molecule has 2 aliphatic rings. The van der Waals surface area contributed by atoms with Crippen LogP contribution in [0.2, 0.25) is 6.32 Å². The van der Waals surface area contributed by atoms with Crippen LogP contribution in [0.5, 0.6) is 11.5 Å². The first kappa shape index (κ1) is 21.2. The third-order valence-electron chi connectivity index (χ3n) is 5.68. The number of carbonyl (C=O) groups is 2. The quantitative estimate of drug-likeness (QED) is 0.597. The van der Waals surface area contributed by atoms with Crippen molar-refractivity contribution < 1.29 is 29.1 Å². The second-order valence-corrected chi connectivity index (χ2v) is 8.12. The molecule has 1 saturated heterocycles. The summed E-state index contributed by atoms with van der Waals surface area (Å²) >= 11 is 0. The number of carboxylic acids is 1. The SMILES string of the molecule is Cc1ccc(C[C@@H](N)C(=O)N2CC(Oc3ccc4c(c3C(=O)O)OB(O)CC4)C2)cc1. The number of fused-ring (bicyclic) bond motifs is 1. The number of nitrogens with two attached hydrogens (primary N) is 1. The highest BCUT2D eigenvalue weighted by molar-refractivity contribution is 6.44. The Balaban J connectivity index is 1.37. The highest BCUT2D eigenvalue weighted by Gasteiger charge is 2.36. The standard InChI is InChI=1S/C22H25BN2O6/c1-13-2-4-14(5-3-13)10-17(24)21(26)25-11-16(12-25)30-18-7-6-15-8-9-23(29)31-20(15)19(18)22(27)28/h2-7,16-17,29H,8-12,24H2,1H3,(H,27,28)/t17-/m1/s1. The Morgan fingerprint density at radius 2 is 1.97 bits per heavy atom. The minimum Gasteiger partial charge on any atom is -0.535 e. The average molecular weight is 424 g/mol. The summed E-state index contributed by atoms with van der Waals surface area (Å²) in [5.74, 6) is -1.03. The molecule has 4 N–H and O–H groups in total. The van der Waals surface area contributed by atoms with Crippen molar-refractivity contribution in [2.45, 2.75) is 38.2 Å². The molecule has 1 amide bonds. The molecule has 0 bridgehead atoms. The number of likely N-dealkylation sites (tertiary alicyclic amines) is 1. The first-order valence-electron chi connectivity index (χ1n) is 10.3. The maximum Gasteiger partial charge on any atom is 0.522 e. The largest absolute Gasteiger partial charge is 0.535 e. The number of aryl methyl sites for hydroxylation is 2. The van der Waals surface area contributed by atoms with Gasteiger partial charge in [0.05, 0.1) is 19.1 Å². The molecule has 1 fully saturated rings. The fourth-order valence-corrected chi connectivity index (χ4v) is 3.89. The summed E-state index contributed by atoms with van der Waals surface area (Å²) < 4.78 is 11.2. The van der Waals surface area contributed by atoms with Gasteiger partial charge < -0.3 is 30.2 Å². The van der Waals surface area contributed by atoms with Gasteiger partial charge in [0.25, 0.3) is 0 Å². The number of carbonyl (C=O) groups excluding carboxylic acids is 1. The molecule has 0 aliphatic carbocycles. The zero-order valence-corrected chi connectivity index (χ0v) is 17.3. The molecule has 9 heteroatoms. The number of nitrogens with zero attached hydrogens (tertiary/aromatic N) is 1. The Morgan fingerprint density at radius 1 is 1.26 bits per heavy atom. The summed E-state index contributed by atoms with van der Waals surface area (Å²) in [4.78, 5) is 26.0. The van der Waals surface area contributed by atoms with E-state index in [2.05, 4.69) is 0 Å². The van der Waals surface area contributed by atoms with Crippen LogP contribution in [0.15, 0.2) is 36.4 Å². The van der Waals surface area contributed by atoms with E-state index in [0.717, 1.165) is 16.7 Å². The number of benzene rings is 2. The first-order valence-corrected chi connectivity index (χ1v) is 10.3. The number of carboxylic acid groups (broad SMARTS) is 1. The molecule has 162 valence electrons. The lowest BCUT2D eigenvalue weighted by molar-refractivity contribution is -0.141. The lowest BCUT2D eigenvalue weighted by atomic mass is 9.78. The summed E-state index contributed by atoms with van der Waals surface area (Å²) in [5, 5.41) is 19.4. The number of rotatable bonds is 6. The molecular weight excluding hydrogens is 399 g/mol. The molecule has 0 aromatic heterocycles. The minimum absolute atomic E-state index is 0.0999. The van der Waals surface area contributed by atoms with Crippen molar-refractivity contribution in [1.29, 1.82) is 0 Å². The van der Waals surface area contributed by atoms with E-state index < -0.39 is 19.1 Å². The molecule has 8 nitrogen and oxygen atoms in total. The summed E-state index contributed by atoms with van der Waals surface area (Å²) in [6.45, 7) is 2.67. The van der Waals surface area contributed by atoms with Gasteiger partial charge in [-0.15, -0.1) is 0 Å². The van der Waals surface area contributed by atoms with E-state index in [1.165, 1.54) is 0 Å². The molecule has 2 aromatic rings. The van der Waals surface area contributed by atoms with Crippen LogP contribution >= 0.6 is 0 Å². The molecule has 2 heterocycles. The minimum atomic E-state index is -1.19. The van der Waals surface area contributed by atoms with E-state index in [0.29, 0.717) is 32.3 Å². The van der Waals surface area contributed by atoms with E-state index in [1.807, 2.05) is 31.2 Å². The number of hydrogen-bond acceptors (Lipinski definition) is 6. The van der Waals surface area contributed by atoms with Crippen LogP contribution in [-0.2, 0) is 17.6 Å². The third kappa shape index (κ3) is 4.52. The van der Waals surface area contributed by atoms with Gasteiger partial charge in [-0.05, 0) is 43.3 Å². The molecule has 0 unspecified atom stereocenters. The van der Waals surface area contributed by atoms with Crippen LogP contribution in [0, 0.1) is 6.92 Å². The first-order chi connectivity index (χ1) is 14.8. The van der Waals surface area contributed by atoms with Crippen LogP contribution < -0.4 is 15.1 Å². The van der Waals surface area contributed by atoms with E-state index in [-0.39, 0.29) is 29.1 Å². The summed E-state index contributed by atoms with van der Waals surface area (Å²) in [6.07, 6.45) is 1.06. The highest BCUT2D eigenvalue weighted by atomic mass is 16.5. The highest BCUT2D eigenvalue weighted by Crippen LogP contribution is 2.37. The Hall–Kier alpha value is -3.04. The second kappa shape index (κ2) is 8.60. The van der Waals surface area contributed by atoms with Crippen molar-refractivity contribution >= 4 is 19.0 Å². The predicted molar refractivity (Wildman–Crippen MR) is 114 cm³/mol. The van der Waals surface area contributed by atoms with Crippen LogP contribution in [0.1, 0.15) is 27.0 Å². The molecule has 2 aromatic carbocycles. The van der Waals surface area contributed by atoms with Crippen molar-refractivity contribution in [2.24, 2.45) is 5.73 Å². The van der Waals surface area contributed by atoms with Gasteiger partial charge in [0.15, 0.2) is 0 Å². The molecule has 31 heavy (non-hydrogen) atoms. The molecule has 0 saturated carbocycles. The van der Waals surface area contributed by atoms with Gasteiger partial charge in [0.2, 0.25) is 5.91 Å². The van der Waals surface area contributed by atoms with Gasteiger partial charge in [-0.1, -0.05) is 35.9 Å². The van der Waals surface area contributed by atoms with Crippen LogP contribution in [0.4, 0.5) is 0 Å². The van der Waals surface area contributed by atoms with Crippen LogP contribution in [0.25, 0.3) is 0 Å². The van der Waals surface area contributed by atoms with Gasteiger partial charge in [-0.25, -0.2) is 4.79 Å². The van der Waals surface area contributed by atoms with Crippen molar-refractivity contribution in [1.82, 2.24) is 4.90 Å². The zero-order chi connectivity index (χ0) is 22.1. The number of amides is 1. The number of hydrogen-bond donors (Lipinski definition) is 3. The fraction of sp³-hybridized carbons (Fsp3) is 0.364. The van der Waals surface area contributed by atoms with Gasteiger partial charge in [0, 0.05) is 0 Å². The van der Waals surface area contributed by atoms with Crippen molar-refractivity contribution in [3.8, 4) is 11.5 Å². The van der Waals surface area contributed by atoms with Gasteiger partial charge >= 0.3 is 13.1 Å². The fourth-order valence-electron chi connectivity index (χ4n) is 3.89. The van der Waals surface area contributed by atoms with E-state index in [9.17, 15) is 19.7 Å². The summed E-state index contributed by atoms with van der Waals surface area (Å²) in [7, 11) is -1.03. The summed E-state index contributed by atoms with van der Waals surface area (Å²) in [6, 6.07) is 10.6. The smallest absolute Gasteiger partial charge is 0.522 e. The molecule has 0 spiro atoms. The lowest BCUT2D eigenvalue weighted by Gasteiger charge is -2.40. The van der Waals surface area contributed by atoms with E-state index in [4.69, 9.17) is 15.1 Å². The normalized spacial score (nSPS) is 16.7. The summed E-state index contributed by atoms with van der Waals surface area (Å²) in [5.41, 5.74) is 8.87. The van der Waals surface area contributed by atoms with Crippen LogP contribution in [0.3, 0.4) is 0 Å². The van der Waals surface area contributed by atoms with Crippen LogP contribution in [-0.4, -0.2) is 59.3 Å². The monoisotopic (exact) mass is 424 g/mol. The van der Waals surface area contributed by atoms with E-state index >= 15 is 0 Å². The van der Waals surface area contributed by atoms with Crippen molar-refractivity contribution in [3.63, 3.8) is 0 Å². The maximum atomic E-state index is 12.6. The lowest BCUT2D eigenvalue weighted by Crippen LogP contribution is -2.60. The third-order valence-corrected chi connectivity index (χ3v) is 5.68. The predicted octanol–water partition coefficient (Wildman–Crippen LogP) is 1.27. The Morgan fingerprint density at radius 3 is 2.65 bits per heavy atom. The molecule has 2 aliphatic heterocycles. The average Bonchev–Trinajstić information content (AvgIpc) is 2.70. The molecule has 0 radical (unpaired) electrons. The van der Waals surface area contributed by atoms with Gasteiger partial charge in [-0.2, -0.15) is 0 Å². The van der Waals surface area contributed by atoms with Gasteiger partial charge in [0.1, 0.15) is 23.2 Å². The Kier molecular flexibility index (Phi) is 5.89. The van der Waals surface area contributed by atoms with E-state index in [1.54, 1.807) is 17.0 Å².